The Bertz CT molecular complexity index is 1040. The third-order valence-corrected chi connectivity index (χ3v) is 4.35. The van der Waals surface area contributed by atoms with Gasteiger partial charge in [0, 0.05) is 6.20 Å². The number of nitrogens with zero attached hydrogens (tertiary/aromatic N) is 4. The fraction of sp³-hybridized carbons (Fsp3) is 0. The van der Waals surface area contributed by atoms with E-state index in [4.69, 9.17) is 28.9 Å². The predicted octanol–water partition coefficient (Wildman–Crippen LogP) is 4.35. The fourth-order valence-corrected chi connectivity index (χ4v) is 2.75. The molecule has 24 heavy (non-hydrogen) atoms. The van der Waals surface area contributed by atoms with Crippen molar-refractivity contribution in [1.29, 1.82) is 0 Å². The van der Waals surface area contributed by atoms with E-state index in [1.165, 1.54) is 0 Å². The Balaban J connectivity index is 1.86. The smallest absolute Gasteiger partial charge is 0.200 e. The summed E-state index contributed by atoms with van der Waals surface area (Å²) in [6.45, 7) is 0. The van der Waals surface area contributed by atoms with E-state index in [9.17, 15) is 0 Å². The molecule has 0 unspecified atom stereocenters. The Morgan fingerprint density at radius 2 is 1.79 bits per heavy atom. The van der Waals surface area contributed by atoms with Gasteiger partial charge >= 0.3 is 0 Å². The van der Waals surface area contributed by atoms with Crippen molar-refractivity contribution in [3.63, 3.8) is 0 Å². The first-order valence-corrected chi connectivity index (χ1v) is 7.90. The molecule has 0 saturated carbocycles. The molecule has 0 aliphatic carbocycles. The van der Waals surface area contributed by atoms with E-state index in [1.807, 2.05) is 36.4 Å². The van der Waals surface area contributed by atoms with Crippen molar-refractivity contribution in [3.05, 3.63) is 64.8 Å². The number of benzene rings is 1. The molecular weight excluding hydrogens is 345 g/mol. The molecular formula is C17H11Cl2N5. The number of nitrogen functional groups attached to an aromatic ring is 1. The molecule has 2 N–H and O–H groups in total. The SMILES string of the molecule is Nc1cc(-c2ccc(Cl)c(Cl)c2)cc2nc(-c3ccccn3)nn12. The Kier molecular flexibility index (Phi) is 3.59. The number of fused-ring (bicyclic) bond motifs is 1. The molecule has 3 heterocycles. The van der Waals surface area contributed by atoms with Gasteiger partial charge in [-0.15, -0.1) is 5.10 Å². The van der Waals surface area contributed by atoms with Gasteiger partial charge in [0.2, 0.25) is 5.82 Å². The molecule has 7 heteroatoms. The van der Waals surface area contributed by atoms with Crippen LogP contribution in [0.15, 0.2) is 54.7 Å². The summed E-state index contributed by atoms with van der Waals surface area (Å²) in [6.07, 6.45) is 1.70. The Hall–Kier alpha value is -2.63. The third kappa shape index (κ3) is 2.58. The quantitative estimate of drug-likeness (QED) is 0.580. The van der Waals surface area contributed by atoms with Crippen molar-refractivity contribution in [2.75, 3.05) is 5.73 Å². The largest absolute Gasteiger partial charge is 0.384 e. The molecule has 0 aliphatic heterocycles. The van der Waals surface area contributed by atoms with Crippen molar-refractivity contribution in [3.8, 4) is 22.6 Å². The van der Waals surface area contributed by atoms with E-state index in [0.29, 0.717) is 33.0 Å². The van der Waals surface area contributed by atoms with E-state index in [2.05, 4.69) is 15.1 Å². The Morgan fingerprint density at radius 1 is 0.917 bits per heavy atom. The summed E-state index contributed by atoms with van der Waals surface area (Å²) in [6, 6.07) is 14.7. The molecule has 5 nitrogen and oxygen atoms in total. The summed E-state index contributed by atoms with van der Waals surface area (Å²) < 4.78 is 1.59. The number of hydrogen-bond acceptors (Lipinski definition) is 4. The number of anilines is 1. The highest BCUT2D eigenvalue weighted by Crippen LogP contribution is 2.30. The van der Waals surface area contributed by atoms with Crippen LogP contribution in [0.4, 0.5) is 5.82 Å². The minimum absolute atomic E-state index is 0.475. The van der Waals surface area contributed by atoms with Crippen molar-refractivity contribution in [1.82, 2.24) is 19.6 Å². The van der Waals surface area contributed by atoms with E-state index < -0.39 is 0 Å². The molecule has 0 aliphatic rings. The van der Waals surface area contributed by atoms with Gasteiger partial charge in [0.1, 0.15) is 11.5 Å². The van der Waals surface area contributed by atoms with Crippen LogP contribution in [0.5, 0.6) is 0 Å². The van der Waals surface area contributed by atoms with Crippen LogP contribution in [-0.2, 0) is 0 Å². The van der Waals surface area contributed by atoms with Gasteiger partial charge in [-0.2, -0.15) is 4.52 Å². The van der Waals surface area contributed by atoms with Gasteiger partial charge in [0.25, 0.3) is 0 Å². The Labute approximate surface area is 147 Å². The van der Waals surface area contributed by atoms with Gasteiger partial charge in [0.15, 0.2) is 5.65 Å². The van der Waals surface area contributed by atoms with E-state index >= 15 is 0 Å². The molecule has 118 valence electrons. The van der Waals surface area contributed by atoms with Crippen molar-refractivity contribution >= 4 is 34.7 Å². The summed E-state index contributed by atoms with van der Waals surface area (Å²) in [7, 11) is 0. The molecule has 0 fully saturated rings. The summed E-state index contributed by atoms with van der Waals surface area (Å²) in [5.41, 5.74) is 9.25. The standard InChI is InChI=1S/C17H11Cl2N5/c18-12-5-4-10(7-13(12)19)11-8-15(20)24-16(9-11)22-17(23-24)14-3-1-2-6-21-14/h1-9H,20H2. The highest BCUT2D eigenvalue weighted by Gasteiger charge is 2.12. The van der Waals surface area contributed by atoms with Crippen LogP contribution in [0.1, 0.15) is 0 Å². The minimum atomic E-state index is 0.475. The van der Waals surface area contributed by atoms with E-state index in [0.717, 1.165) is 11.1 Å². The second kappa shape index (κ2) is 5.78. The summed E-state index contributed by atoms with van der Waals surface area (Å²) in [5.74, 6) is 0.997. The molecule has 1 aromatic carbocycles. The molecule has 0 radical (unpaired) electrons. The van der Waals surface area contributed by atoms with Crippen LogP contribution in [0.2, 0.25) is 10.0 Å². The molecule has 4 aromatic rings. The average Bonchev–Trinajstić information content (AvgIpc) is 3.03. The molecule has 0 saturated heterocycles. The maximum Gasteiger partial charge on any atom is 0.200 e. The molecule has 0 bridgehead atoms. The van der Waals surface area contributed by atoms with Gasteiger partial charge in [-0.1, -0.05) is 35.3 Å². The second-order valence-corrected chi connectivity index (χ2v) is 6.03. The molecule has 0 spiro atoms. The third-order valence-electron chi connectivity index (χ3n) is 3.61. The van der Waals surface area contributed by atoms with Crippen LogP contribution >= 0.6 is 23.2 Å². The summed E-state index contributed by atoms with van der Waals surface area (Å²) in [5, 5.41) is 5.42. The van der Waals surface area contributed by atoms with Gasteiger partial charge in [0.05, 0.1) is 10.0 Å². The molecule has 0 amide bonds. The van der Waals surface area contributed by atoms with Crippen LogP contribution in [0.25, 0.3) is 28.3 Å². The van der Waals surface area contributed by atoms with Gasteiger partial charge in [-0.25, -0.2) is 4.98 Å². The van der Waals surface area contributed by atoms with Crippen LogP contribution in [0, 0.1) is 0 Å². The lowest BCUT2D eigenvalue weighted by Gasteiger charge is -2.06. The topological polar surface area (TPSA) is 69.1 Å². The van der Waals surface area contributed by atoms with Gasteiger partial charge in [-0.05, 0) is 47.5 Å². The first-order chi connectivity index (χ1) is 11.6. The molecule has 4 rings (SSSR count). The number of hydrogen-bond donors (Lipinski definition) is 1. The zero-order valence-corrected chi connectivity index (χ0v) is 13.8. The zero-order valence-electron chi connectivity index (χ0n) is 12.3. The highest BCUT2D eigenvalue weighted by molar-refractivity contribution is 6.42. The highest BCUT2D eigenvalue weighted by atomic mass is 35.5. The molecule has 3 aromatic heterocycles. The number of halogens is 2. The van der Waals surface area contributed by atoms with Crippen LogP contribution < -0.4 is 5.73 Å². The summed E-state index contributed by atoms with van der Waals surface area (Å²) >= 11 is 12.1. The van der Waals surface area contributed by atoms with Gasteiger partial charge in [-0.3, -0.25) is 4.98 Å². The van der Waals surface area contributed by atoms with E-state index in [-0.39, 0.29) is 0 Å². The predicted molar refractivity (Wildman–Crippen MR) is 96.1 cm³/mol. The maximum atomic E-state index is 6.13. The number of rotatable bonds is 2. The van der Waals surface area contributed by atoms with Crippen molar-refractivity contribution in [2.24, 2.45) is 0 Å². The lowest BCUT2D eigenvalue weighted by molar-refractivity contribution is 0.975. The lowest BCUT2D eigenvalue weighted by atomic mass is 10.1. The number of nitrogens with two attached hydrogens (primary N) is 1. The van der Waals surface area contributed by atoms with E-state index in [1.54, 1.807) is 22.8 Å². The lowest BCUT2D eigenvalue weighted by Crippen LogP contribution is -1.99. The average molecular weight is 356 g/mol. The van der Waals surface area contributed by atoms with Gasteiger partial charge < -0.3 is 5.73 Å². The number of pyridine rings is 2. The van der Waals surface area contributed by atoms with Crippen molar-refractivity contribution in [2.45, 2.75) is 0 Å². The monoisotopic (exact) mass is 355 g/mol. The van der Waals surface area contributed by atoms with Crippen LogP contribution in [-0.4, -0.2) is 19.6 Å². The first kappa shape index (κ1) is 14.9. The minimum Gasteiger partial charge on any atom is -0.384 e. The first-order valence-electron chi connectivity index (χ1n) is 7.15. The maximum absolute atomic E-state index is 6.13. The Morgan fingerprint density at radius 3 is 2.54 bits per heavy atom. The summed E-state index contributed by atoms with van der Waals surface area (Å²) in [4.78, 5) is 8.78. The van der Waals surface area contributed by atoms with Crippen LogP contribution in [0.3, 0.4) is 0 Å². The van der Waals surface area contributed by atoms with Crippen molar-refractivity contribution < 1.29 is 0 Å². The zero-order chi connectivity index (χ0) is 16.7. The number of aromatic nitrogens is 4. The second-order valence-electron chi connectivity index (χ2n) is 5.22. The molecule has 0 atom stereocenters. The fourth-order valence-electron chi connectivity index (χ4n) is 2.45. The normalized spacial score (nSPS) is 11.1.